The Morgan fingerprint density at radius 1 is 1.37 bits per heavy atom. The number of ether oxygens (including phenoxy) is 1. The lowest BCUT2D eigenvalue weighted by Crippen LogP contribution is -2.54. The maximum atomic E-state index is 5.40. The maximum absolute atomic E-state index is 5.40. The molecule has 0 spiro atoms. The van der Waals surface area contributed by atoms with Crippen molar-refractivity contribution >= 4 is 33.8 Å². The number of aliphatic imine (C=N–C) groups is 1. The lowest BCUT2D eigenvalue weighted by Gasteiger charge is -2.39. The van der Waals surface area contributed by atoms with Gasteiger partial charge in [-0.1, -0.05) is 31.9 Å². The molecule has 2 aromatic rings. The van der Waals surface area contributed by atoms with E-state index in [2.05, 4.69) is 29.7 Å². The normalized spacial score (nSPS) is 16.0. The minimum atomic E-state index is 0.226. The van der Waals surface area contributed by atoms with Crippen LogP contribution in [0.15, 0.2) is 73.1 Å². The molecule has 0 unspecified atom stereocenters. The minimum absolute atomic E-state index is 0.226. The van der Waals surface area contributed by atoms with E-state index in [9.17, 15) is 0 Å². The summed E-state index contributed by atoms with van der Waals surface area (Å²) in [6.45, 7) is 15.4. The van der Waals surface area contributed by atoms with Crippen LogP contribution in [-0.4, -0.2) is 57.9 Å². The Kier molecular flexibility index (Phi) is 7.07. The van der Waals surface area contributed by atoms with E-state index in [4.69, 9.17) is 14.7 Å². The zero-order chi connectivity index (χ0) is 21.7. The lowest BCUT2D eigenvalue weighted by atomic mass is 10.1. The van der Waals surface area contributed by atoms with Crippen LogP contribution in [0.4, 0.5) is 0 Å². The number of hydrogen-bond acceptors (Lipinski definition) is 5. The fourth-order valence-electron chi connectivity index (χ4n) is 3.00. The van der Waals surface area contributed by atoms with Gasteiger partial charge in [-0.2, -0.15) is 5.10 Å². The van der Waals surface area contributed by atoms with Gasteiger partial charge in [0, 0.05) is 31.3 Å². The van der Waals surface area contributed by atoms with Crippen molar-refractivity contribution in [2.45, 2.75) is 13.0 Å². The molecule has 0 bridgehead atoms. The lowest BCUT2D eigenvalue weighted by molar-refractivity contribution is 0.00632. The summed E-state index contributed by atoms with van der Waals surface area (Å²) in [6.07, 6.45) is 13.4. The second kappa shape index (κ2) is 9.73. The molecular formula is C23H27N5OS. The number of thioether (sulfide) groups is 1. The summed E-state index contributed by atoms with van der Waals surface area (Å²) in [7, 11) is 1.73. The van der Waals surface area contributed by atoms with Crippen molar-refractivity contribution in [3.8, 4) is 0 Å². The molecule has 1 fully saturated rings. The molecular weight excluding hydrogens is 394 g/mol. The summed E-state index contributed by atoms with van der Waals surface area (Å²) in [5.74, 6) is 0.831. The average Bonchev–Trinajstić information content (AvgIpc) is 3.14. The Balaban J connectivity index is 1.98. The van der Waals surface area contributed by atoms with Gasteiger partial charge in [-0.15, -0.1) is 11.8 Å². The van der Waals surface area contributed by atoms with Crippen molar-refractivity contribution in [3.05, 3.63) is 79.3 Å². The van der Waals surface area contributed by atoms with Crippen molar-refractivity contribution in [1.82, 2.24) is 19.5 Å². The predicted octanol–water partition coefficient (Wildman–Crippen LogP) is 4.45. The highest BCUT2D eigenvalue weighted by Gasteiger charge is 2.28. The first-order chi connectivity index (χ1) is 14.5. The van der Waals surface area contributed by atoms with Crippen LogP contribution in [0.5, 0.6) is 0 Å². The first kappa shape index (κ1) is 21.8. The molecule has 0 saturated carbocycles. The van der Waals surface area contributed by atoms with E-state index in [0.717, 1.165) is 40.7 Å². The van der Waals surface area contributed by atoms with E-state index < -0.39 is 0 Å². The molecule has 0 atom stereocenters. The van der Waals surface area contributed by atoms with Gasteiger partial charge in [0.2, 0.25) is 0 Å². The van der Waals surface area contributed by atoms with Crippen molar-refractivity contribution < 1.29 is 4.74 Å². The molecule has 0 N–H and O–H groups in total. The molecule has 3 rings (SSSR count). The third kappa shape index (κ3) is 4.63. The van der Waals surface area contributed by atoms with E-state index in [-0.39, 0.29) is 6.10 Å². The van der Waals surface area contributed by atoms with Crippen molar-refractivity contribution in [1.29, 1.82) is 0 Å². The largest absolute Gasteiger partial charge is 0.378 e. The van der Waals surface area contributed by atoms with Crippen LogP contribution in [0.2, 0.25) is 0 Å². The standard InChI is InChI=1S/C23H27N5OS/c1-7-9-21(30-6)20-10-11-28-23(26-20)19(13-24-28)17(4)25-22(12-16(3)8-2)27-14-18(15-27)29-5/h7-13,18H,1-2,4,14-15H2,3,5-6H3/b16-12-,21-9-,25-22+. The van der Waals surface area contributed by atoms with Gasteiger partial charge in [0.05, 0.1) is 29.3 Å². The molecule has 2 aromatic heterocycles. The van der Waals surface area contributed by atoms with E-state index in [1.807, 2.05) is 43.7 Å². The summed E-state index contributed by atoms with van der Waals surface area (Å²) in [4.78, 5) is 12.8. The summed E-state index contributed by atoms with van der Waals surface area (Å²) in [5.41, 5.74) is 4.01. The molecule has 7 heteroatoms. The topological polar surface area (TPSA) is 55.0 Å². The Morgan fingerprint density at radius 2 is 2.13 bits per heavy atom. The fourth-order valence-corrected chi connectivity index (χ4v) is 3.56. The van der Waals surface area contributed by atoms with Gasteiger partial charge in [0.1, 0.15) is 5.84 Å². The Labute approximate surface area is 182 Å². The number of aromatic nitrogens is 3. The fraction of sp³-hybridized carbons (Fsp3) is 0.261. The quantitative estimate of drug-likeness (QED) is 0.358. The van der Waals surface area contributed by atoms with Gasteiger partial charge >= 0.3 is 0 Å². The minimum Gasteiger partial charge on any atom is -0.378 e. The Bertz CT molecular complexity index is 1060. The zero-order valence-corrected chi connectivity index (χ0v) is 18.5. The zero-order valence-electron chi connectivity index (χ0n) is 17.7. The molecule has 0 amide bonds. The second-order valence-corrected chi connectivity index (χ2v) is 7.73. The van der Waals surface area contributed by atoms with Gasteiger partial charge in [-0.05, 0) is 37.0 Å². The summed E-state index contributed by atoms with van der Waals surface area (Å²) in [6, 6.07) is 1.94. The van der Waals surface area contributed by atoms with Crippen molar-refractivity contribution in [3.63, 3.8) is 0 Å². The molecule has 30 heavy (non-hydrogen) atoms. The highest BCUT2D eigenvalue weighted by atomic mass is 32.2. The SMILES string of the molecule is C=C/C=C(\SC)c1ccn2ncc(C(=C)/N=C(\C=C(\C)C=C)N3CC(OC)C3)c2n1. The molecule has 1 aliphatic rings. The molecule has 156 valence electrons. The summed E-state index contributed by atoms with van der Waals surface area (Å²) in [5, 5.41) is 4.41. The monoisotopic (exact) mass is 421 g/mol. The third-order valence-corrected chi connectivity index (χ3v) is 5.64. The highest BCUT2D eigenvalue weighted by molar-refractivity contribution is 8.07. The highest BCUT2D eigenvalue weighted by Crippen LogP contribution is 2.26. The van der Waals surface area contributed by atoms with E-state index in [0.29, 0.717) is 11.3 Å². The number of allylic oxidation sites excluding steroid dienone is 4. The number of nitrogens with zero attached hydrogens (tertiary/aromatic N) is 5. The van der Waals surface area contributed by atoms with Gasteiger partial charge in [-0.3, -0.25) is 0 Å². The molecule has 0 aromatic carbocycles. The van der Waals surface area contributed by atoms with Crippen molar-refractivity contribution in [2.24, 2.45) is 4.99 Å². The molecule has 1 saturated heterocycles. The molecule has 1 aliphatic heterocycles. The number of likely N-dealkylation sites (tertiary alicyclic amines) is 1. The average molecular weight is 422 g/mol. The number of rotatable bonds is 8. The second-order valence-electron chi connectivity index (χ2n) is 6.88. The Morgan fingerprint density at radius 3 is 2.77 bits per heavy atom. The van der Waals surface area contributed by atoms with Crippen LogP contribution < -0.4 is 0 Å². The van der Waals surface area contributed by atoms with Crippen LogP contribution in [0, 0.1) is 0 Å². The number of hydrogen-bond donors (Lipinski definition) is 0. The number of fused-ring (bicyclic) bond motifs is 1. The molecule has 0 radical (unpaired) electrons. The van der Waals surface area contributed by atoms with E-state index in [1.54, 1.807) is 35.7 Å². The summed E-state index contributed by atoms with van der Waals surface area (Å²) < 4.78 is 7.14. The molecule has 3 heterocycles. The van der Waals surface area contributed by atoms with E-state index in [1.165, 1.54) is 0 Å². The smallest absolute Gasteiger partial charge is 0.164 e. The van der Waals surface area contributed by atoms with Crippen molar-refractivity contribution in [2.75, 3.05) is 26.5 Å². The van der Waals surface area contributed by atoms with E-state index >= 15 is 0 Å². The molecule has 0 aliphatic carbocycles. The molecule has 6 nitrogen and oxygen atoms in total. The first-order valence-electron chi connectivity index (χ1n) is 9.58. The van der Waals surface area contributed by atoms with Crippen LogP contribution in [-0.2, 0) is 4.74 Å². The van der Waals surface area contributed by atoms with Crippen LogP contribution in [0.25, 0.3) is 16.2 Å². The summed E-state index contributed by atoms with van der Waals surface area (Å²) >= 11 is 1.62. The van der Waals surface area contributed by atoms with Gasteiger partial charge in [-0.25, -0.2) is 14.5 Å². The van der Waals surface area contributed by atoms with Gasteiger partial charge < -0.3 is 9.64 Å². The number of methoxy groups -OCH3 is 1. The van der Waals surface area contributed by atoms with Crippen LogP contribution in [0.1, 0.15) is 18.2 Å². The van der Waals surface area contributed by atoms with Crippen LogP contribution in [0.3, 0.4) is 0 Å². The Hall–Kier alpha value is -2.90. The maximum Gasteiger partial charge on any atom is 0.164 e. The number of amidine groups is 1. The van der Waals surface area contributed by atoms with Gasteiger partial charge in [0.25, 0.3) is 0 Å². The first-order valence-corrected chi connectivity index (χ1v) is 10.8. The third-order valence-electron chi connectivity index (χ3n) is 4.86. The van der Waals surface area contributed by atoms with Gasteiger partial charge in [0.15, 0.2) is 5.65 Å². The predicted molar refractivity (Wildman–Crippen MR) is 127 cm³/mol. The van der Waals surface area contributed by atoms with Crippen LogP contribution >= 0.6 is 11.8 Å².